The van der Waals surface area contributed by atoms with E-state index in [-0.39, 0.29) is 18.9 Å². The number of carboxylic acids is 1. The van der Waals surface area contributed by atoms with Gasteiger partial charge in [0.1, 0.15) is 31.0 Å². The molecule has 0 saturated heterocycles. The van der Waals surface area contributed by atoms with Crippen molar-refractivity contribution in [2.24, 2.45) is 5.92 Å². The Labute approximate surface area is 216 Å². The Hall–Kier alpha value is -4.33. The molecule has 8 nitrogen and oxygen atoms in total. The molecule has 0 spiro atoms. The van der Waals surface area contributed by atoms with Crippen LogP contribution in [0.4, 0.5) is 4.79 Å². The summed E-state index contributed by atoms with van der Waals surface area (Å²) in [5.74, 6) is -1.48. The Morgan fingerprint density at radius 2 is 1.38 bits per heavy atom. The number of aliphatic carboxylic acids is 1. The fourth-order valence-electron chi connectivity index (χ4n) is 3.63. The summed E-state index contributed by atoms with van der Waals surface area (Å²) in [5, 5.41) is 14.9. The van der Waals surface area contributed by atoms with E-state index >= 15 is 0 Å². The minimum Gasteiger partial charge on any atom is -0.489 e. The predicted molar refractivity (Wildman–Crippen MR) is 139 cm³/mol. The van der Waals surface area contributed by atoms with E-state index < -0.39 is 30.1 Å². The number of carbonyl (C=O) groups is 3. The molecule has 3 aromatic rings. The van der Waals surface area contributed by atoms with Gasteiger partial charge < -0.3 is 25.2 Å². The van der Waals surface area contributed by atoms with Crippen LogP contribution < -0.4 is 15.4 Å². The van der Waals surface area contributed by atoms with Crippen LogP contribution in [0.1, 0.15) is 30.5 Å². The molecule has 0 aromatic heterocycles. The summed E-state index contributed by atoms with van der Waals surface area (Å²) in [6.07, 6.45) is -0.708. The Morgan fingerprint density at radius 3 is 1.97 bits per heavy atom. The second-order valence-electron chi connectivity index (χ2n) is 8.95. The number of hydrogen-bond acceptors (Lipinski definition) is 5. The van der Waals surface area contributed by atoms with Crippen LogP contribution in [-0.2, 0) is 34.0 Å². The summed E-state index contributed by atoms with van der Waals surface area (Å²) in [4.78, 5) is 37.2. The van der Waals surface area contributed by atoms with E-state index in [0.29, 0.717) is 17.9 Å². The van der Waals surface area contributed by atoms with Gasteiger partial charge in [-0.1, -0.05) is 86.6 Å². The van der Waals surface area contributed by atoms with Gasteiger partial charge >= 0.3 is 12.1 Å². The van der Waals surface area contributed by atoms with Gasteiger partial charge in [0.05, 0.1) is 0 Å². The second-order valence-corrected chi connectivity index (χ2v) is 8.95. The van der Waals surface area contributed by atoms with E-state index in [1.54, 1.807) is 38.1 Å². The van der Waals surface area contributed by atoms with Gasteiger partial charge in [-0.3, -0.25) is 4.79 Å². The summed E-state index contributed by atoms with van der Waals surface area (Å²) in [7, 11) is 0. The molecule has 3 N–H and O–H groups in total. The van der Waals surface area contributed by atoms with E-state index in [4.69, 9.17) is 9.47 Å². The molecule has 8 heteroatoms. The maximum Gasteiger partial charge on any atom is 0.408 e. The highest BCUT2D eigenvalue weighted by atomic mass is 16.5. The largest absolute Gasteiger partial charge is 0.489 e. The Morgan fingerprint density at radius 1 is 0.784 bits per heavy atom. The molecule has 0 aliphatic rings. The lowest BCUT2D eigenvalue weighted by Crippen LogP contribution is -2.54. The highest BCUT2D eigenvalue weighted by Crippen LogP contribution is 2.17. The molecule has 3 aromatic carbocycles. The number of alkyl carbamates (subject to hydrolysis) is 1. The Balaban J connectivity index is 1.58. The average Bonchev–Trinajstić information content (AvgIpc) is 2.90. The number of benzene rings is 3. The lowest BCUT2D eigenvalue weighted by Gasteiger charge is -2.24. The van der Waals surface area contributed by atoms with Crippen molar-refractivity contribution in [2.75, 3.05) is 0 Å². The predicted octanol–water partition coefficient (Wildman–Crippen LogP) is 4.33. The molecular formula is C29H32N2O6. The minimum absolute atomic E-state index is 0.0485. The van der Waals surface area contributed by atoms with Crippen molar-refractivity contribution in [1.29, 1.82) is 0 Å². The zero-order chi connectivity index (χ0) is 26.6. The monoisotopic (exact) mass is 504 g/mol. The standard InChI is InChI=1S/C29H32N2O6/c1-20(2)26(31-29(35)37-19-22-12-7-4-8-13-22)27(32)30-25(28(33)34)17-23-14-9-15-24(16-23)36-18-21-10-5-3-6-11-21/h3-16,20,25-26H,17-19H2,1-2H3,(H,30,32)(H,31,35)(H,33,34)/t25-,26+/m1/s1. The van der Waals surface area contributed by atoms with Gasteiger partial charge in [0, 0.05) is 6.42 Å². The van der Waals surface area contributed by atoms with Gasteiger partial charge in [0.2, 0.25) is 5.91 Å². The molecular weight excluding hydrogens is 472 g/mol. The molecule has 0 unspecified atom stereocenters. The lowest BCUT2D eigenvalue weighted by molar-refractivity contribution is -0.142. The van der Waals surface area contributed by atoms with Gasteiger partial charge in [0.25, 0.3) is 0 Å². The van der Waals surface area contributed by atoms with Crippen LogP contribution in [0.5, 0.6) is 5.75 Å². The van der Waals surface area contributed by atoms with E-state index in [1.807, 2.05) is 60.7 Å². The molecule has 0 radical (unpaired) electrons. The van der Waals surface area contributed by atoms with Crippen LogP contribution >= 0.6 is 0 Å². The zero-order valence-electron chi connectivity index (χ0n) is 20.9. The first-order chi connectivity index (χ1) is 17.8. The molecule has 2 atom stereocenters. The third-order valence-electron chi connectivity index (χ3n) is 5.64. The fraction of sp³-hybridized carbons (Fsp3) is 0.276. The van der Waals surface area contributed by atoms with Crippen molar-refractivity contribution in [2.45, 2.75) is 45.6 Å². The topological polar surface area (TPSA) is 114 Å². The van der Waals surface area contributed by atoms with Crippen molar-refractivity contribution >= 4 is 18.0 Å². The first-order valence-corrected chi connectivity index (χ1v) is 12.1. The highest BCUT2D eigenvalue weighted by Gasteiger charge is 2.29. The molecule has 0 saturated carbocycles. The number of nitrogens with one attached hydrogen (secondary N) is 2. The van der Waals surface area contributed by atoms with Crippen LogP contribution in [0, 0.1) is 5.92 Å². The number of hydrogen-bond donors (Lipinski definition) is 3. The molecule has 2 amide bonds. The van der Waals surface area contributed by atoms with Crippen molar-refractivity contribution in [1.82, 2.24) is 10.6 Å². The molecule has 0 fully saturated rings. The van der Waals surface area contributed by atoms with Gasteiger partial charge in [0.15, 0.2) is 0 Å². The average molecular weight is 505 g/mol. The maximum absolute atomic E-state index is 13.0. The first-order valence-electron chi connectivity index (χ1n) is 12.1. The van der Waals surface area contributed by atoms with E-state index in [0.717, 1.165) is 11.1 Å². The van der Waals surface area contributed by atoms with Crippen molar-refractivity contribution in [3.63, 3.8) is 0 Å². The van der Waals surface area contributed by atoms with Crippen LogP contribution in [0.3, 0.4) is 0 Å². The number of carboxylic acid groups (broad SMARTS) is 1. The van der Waals surface area contributed by atoms with Gasteiger partial charge in [-0.05, 0) is 34.7 Å². The van der Waals surface area contributed by atoms with Crippen LogP contribution in [-0.4, -0.2) is 35.2 Å². The van der Waals surface area contributed by atoms with E-state index in [2.05, 4.69) is 10.6 Å². The lowest BCUT2D eigenvalue weighted by atomic mass is 10.0. The van der Waals surface area contributed by atoms with Gasteiger partial charge in [-0.15, -0.1) is 0 Å². The number of amides is 2. The molecule has 0 bridgehead atoms. The Bertz CT molecular complexity index is 1170. The smallest absolute Gasteiger partial charge is 0.408 e. The highest BCUT2D eigenvalue weighted by molar-refractivity contribution is 5.89. The SMILES string of the molecule is CC(C)[C@H](NC(=O)OCc1ccccc1)C(=O)N[C@H](Cc1cccc(OCc2ccccc2)c1)C(=O)O. The summed E-state index contributed by atoms with van der Waals surface area (Å²) >= 11 is 0. The van der Waals surface area contributed by atoms with Gasteiger partial charge in [-0.25, -0.2) is 9.59 Å². The quantitative estimate of drug-likeness (QED) is 0.338. The zero-order valence-corrected chi connectivity index (χ0v) is 20.9. The fourth-order valence-corrected chi connectivity index (χ4v) is 3.63. The van der Waals surface area contributed by atoms with Crippen LogP contribution in [0.15, 0.2) is 84.9 Å². The number of carbonyl (C=O) groups excluding carboxylic acids is 2. The van der Waals surface area contributed by atoms with Crippen LogP contribution in [0.2, 0.25) is 0 Å². The van der Waals surface area contributed by atoms with E-state index in [1.165, 1.54) is 0 Å². The normalized spacial score (nSPS) is 12.3. The molecule has 37 heavy (non-hydrogen) atoms. The summed E-state index contributed by atoms with van der Waals surface area (Å²) in [5.41, 5.74) is 2.51. The molecule has 3 rings (SSSR count). The van der Waals surface area contributed by atoms with Gasteiger partial charge in [-0.2, -0.15) is 0 Å². The van der Waals surface area contributed by atoms with Crippen molar-refractivity contribution < 1.29 is 29.0 Å². The minimum atomic E-state index is -1.19. The Kier molecular flexibility index (Phi) is 10.1. The summed E-state index contributed by atoms with van der Waals surface area (Å²) < 4.78 is 11.0. The number of ether oxygens (including phenoxy) is 2. The first kappa shape index (κ1) is 27.3. The summed E-state index contributed by atoms with van der Waals surface area (Å²) in [6.45, 7) is 3.95. The molecule has 0 aliphatic heterocycles. The third-order valence-corrected chi connectivity index (χ3v) is 5.64. The molecule has 194 valence electrons. The number of rotatable bonds is 12. The van der Waals surface area contributed by atoms with Crippen LogP contribution in [0.25, 0.3) is 0 Å². The maximum atomic E-state index is 13.0. The summed E-state index contributed by atoms with van der Waals surface area (Å²) in [6, 6.07) is 23.8. The van der Waals surface area contributed by atoms with Crippen molar-refractivity contribution in [3.05, 3.63) is 102 Å². The third kappa shape index (κ3) is 9.00. The van der Waals surface area contributed by atoms with Crippen molar-refractivity contribution in [3.8, 4) is 5.75 Å². The van der Waals surface area contributed by atoms with E-state index in [9.17, 15) is 19.5 Å². The second kappa shape index (κ2) is 13.7. The molecule has 0 heterocycles. The molecule has 0 aliphatic carbocycles.